The Morgan fingerprint density at radius 3 is 2.14 bits per heavy atom. The van der Waals surface area contributed by atoms with Crippen LogP contribution < -0.4 is 56.5 Å². The normalized spacial score (nSPS) is 8.64. The zero-order valence-electron chi connectivity index (χ0n) is 7.94. The SMILES string of the molecule is COC(=O)c1ccccc1C(=O)[O-].[K+]. The van der Waals surface area contributed by atoms with Crippen molar-refractivity contribution in [2.45, 2.75) is 0 Å². The summed E-state index contributed by atoms with van der Waals surface area (Å²) in [6.45, 7) is 0. The molecule has 68 valence electrons. The third-order valence-electron chi connectivity index (χ3n) is 1.55. The summed E-state index contributed by atoms with van der Waals surface area (Å²) < 4.78 is 4.40. The second kappa shape index (κ2) is 6.31. The van der Waals surface area contributed by atoms with Crippen molar-refractivity contribution in [1.29, 1.82) is 0 Å². The number of carboxylic acids is 1. The maximum absolute atomic E-state index is 11.0. The molecule has 4 nitrogen and oxygen atoms in total. The summed E-state index contributed by atoms with van der Waals surface area (Å²) in [7, 11) is 1.19. The van der Waals surface area contributed by atoms with Crippen molar-refractivity contribution in [1.82, 2.24) is 0 Å². The largest absolute Gasteiger partial charge is 1.00 e. The van der Waals surface area contributed by atoms with E-state index in [0.29, 0.717) is 0 Å². The Morgan fingerprint density at radius 1 is 1.21 bits per heavy atom. The number of carbonyl (C=O) groups excluding carboxylic acids is 2. The topological polar surface area (TPSA) is 66.4 Å². The molecule has 0 amide bonds. The van der Waals surface area contributed by atoms with Crippen molar-refractivity contribution in [2.24, 2.45) is 0 Å². The van der Waals surface area contributed by atoms with Gasteiger partial charge in [-0.2, -0.15) is 0 Å². The average Bonchev–Trinajstić information content (AvgIpc) is 2.16. The molecule has 1 rings (SSSR count). The van der Waals surface area contributed by atoms with Crippen LogP contribution in [0.5, 0.6) is 0 Å². The van der Waals surface area contributed by atoms with Crippen LogP contribution in [0.25, 0.3) is 0 Å². The van der Waals surface area contributed by atoms with E-state index in [4.69, 9.17) is 0 Å². The minimum atomic E-state index is -1.39. The van der Waals surface area contributed by atoms with Crippen LogP contribution in [0, 0.1) is 0 Å². The van der Waals surface area contributed by atoms with Gasteiger partial charge in [-0.1, -0.05) is 18.2 Å². The molecule has 5 heteroatoms. The van der Waals surface area contributed by atoms with E-state index in [-0.39, 0.29) is 62.5 Å². The van der Waals surface area contributed by atoms with E-state index >= 15 is 0 Å². The summed E-state index contributed by atoms with van der Waals surface area (Å²) in [4.78, 5) is 21.5. The van der Waals surface area contributed by atoms with E-state index < -0.39 is 11.9 Å². The van der Waals surface area contributed by atoms with Crippen molar-refractivity contribution >= 4 is 11.9 Å². The van der Waals surface area contributed by atoms with Gasteiger partial charge >= 0.3 is 57.4 Å². The quantitative estimate of drug-likeness (QED) is 0.388. The summed E-state index contributed by atoms with van der Waals surface area (Å²) >= 11 is 0. The van der Waals surface area contributed by atoms with Gasteiger partial charge in [-0.3, -0.25) is 0 Å². The number of rotatable bonds is 2. The maximum Gasteiger partial charge on any atom is 1.00 e. The Labute approximate surface area is 124 Å². The van der Waals surface area contributed by atoms with Gasteiger partial charge in [0.05, 0.1) is 18.6 Å². The Bertz CT molecular complexity index is 348. The third kappa shape index (κ3) is 3.18. The molecule has 0 saturated carbocycles. The fraction of sp³-hybridized carbons (Fsp3) is 0.111. The molecule has 0 aromatic heterocycles. The molecule has 0 aliphatic carbocycles. The van der Waals surface area contributed by atoms with Gasteiger partial charge < -0.3 is 14.6 Å². The summed E-state index contributed by atoms with van der Waals surface area (Å²) in [5.41, 5.74) is -0.153. The van der Waals surface area contributed by atoms with Crippen LogP contribution in [0.1, 0.15) is 20.7 Å². The third-order valence-corrected chi connectivity index (χ3v) is 1.55. The fourth-order valence-electron chi connectivity index (χ4n) is 0.949. The van der Waals surface area contributed by atoms with Crippen LogP contribution in [0.4, 0.5) is 0 Å². The van der Waals surface area contributed by atoms with Crippen LogP contribution in [0.3, 0.4) is 0 Å². The van der Waals surface area contributed by atoms with E-state index in [1.807, 2.05) is 0 Å². The van der Waals surface area contributed by atoms with Crippen molar-refractivity contribution in [2.75, 3.05) is 7.11 Å². The zero-order valence-corrected chi connectivity index (χ0v) is 11.1. The van der Waals surface area contributed by atoms with E-state index in [1.165, 1.54) is 25.3 Å². The number of benzene rings is 1. The molecule has 0 saturated heterocycles. The molecule has 1 aromatic carbocycles. The van der Waals surface area contributed by atoms with E-state index in [1.54, 1.807) is 6.07 Å². The van der Waals surface area contributed by atoms with Crippen LogP contribution >= 0.6 is 0 Å². The molecular formula is C9H7KO4. The van der Waals surface area contributed by atoms with E-state index in [0.717, 1.165) is 0 Å². The fourth-order valence-corrected chi connectivity index (χ4v) is 0.949. The number of methoxy groups -OCH3 is 1. The second-order valence-corrected chi connectivity index (χ2v) is 2.32. The number of carbonyl (C=O) groups is 2. The van der Waals surface area contributed by atoms with Gasteiger partial charge in [0.1, 0.15) is 0 Å². The van der Waals surface area contributed by atoms with Crippen LogP contribution in [0.15, 0.2) is 24.3 Å². The minimum Gasteiger partial charge on any atom is -0.545 e. The molecule has 0 aliphatic rings. The standard InChI is InChI=1S/C9H8O4.K/c1-13-9(12)7-5-3-2-4-6(7)8(10)11;/h2-5H,1H3,(H,10,11);/q;+1/p-1. The number of carboxylic acid groups (broad SMARTS) is 1. The second-order valence-electron chi connectivity index (χ2n) is 2.32. The van der Waals surface area contributed by atoms with Crippen molar-refractivity contribution in [3.05, 3.63) is 35.4 Å². The zero-order chi connectivity index (χ0) is 9.84. The molecule has 0 aliphatic heterocycles. The molecule has 1 aromatic rings. The molecule has 0 fully saturated rings. The first-order chi connectivity index (χ1) is 6.16. The summed E-state index contributed by atoms with van der Waals surface area (Å²) in [6.07, 6.45) is 0. The van der Waals surface area contributed by atoms with Crippen LogP contribution in [-0.4, -0.2) is 19.0 Å². The number of hydrogen-bond acceptors (Lipinski definition) is 4. The number of esters is 1. The van der Waals surface area contributed by atoms with Gasteiger partial charge in [0.2, 0.25) is 0 Å². The minimum absolute atomic E-state index is 0. The molecule has 0 unspecified atom stereocenters. The molecular weight excluding hydrogens is 211 g/mol. The van der Waals surface area contributed by atoms with E-state index in [9.17, 15) is 14.7 Å². The molecule has 0 atom stereocenters. The number of aromatic carboxylic acids is 1. The first-order valence-corrected chi connectivity index (χ1v) is 3.55. The molecule has 0 spiro atoms. The Balaban J connectivity index is 0.00000169. The van der Waals surface area contributed by atoms with Crippen LogP contribution in [0.2, 0.25) is 0 Å². The van der Waals surface area contributed by atoms with Gasteiger partial charge in [-0.05, 0) is 6.07 Å². The van der Waals surface area contributed by atoms with Crippen molar-refractivity contribution in [3.63, 3.8) is 0 Å². The Morgan fingerprint density at radius 2 is 1.71 bits per heavy atom. The monoisotopic (exact) mass is 218 g/mol. The molecule has 0 radical (unpaired) electrons. The van der Waals surface area contributed by atoms with Gasteiger partial charge in [-0.15, -0.1) is 0 Å². The summed E-state index contributed by atoms with van der Waals surface area (Å²) in [6, 6.07) is 5.73. The predicted molar refractivity (Wildman–Crippen MR) is 42.1 cm³/mol. The summed E-state index contributed by atoms with van der Waals surface area (Å²) in [5.74, 6) is -2.07. The average molecular weight is 218 g/mol. The molecule has 14 heavy (non-hydrogen) atoms. The van der Waals surface area contributed by atoms with Crippen molar-refractivity contribution in [3.8, 4) is 0 Å². The first kappa shape index (κ1) is 13.8. The van der Waals surface area contributed by atoms with Gasteiger partial charge in [-0.25, -0.2) is 4.79 Å². The van der Waals surface area contributed by atoms with Gasteiger partial charge in [0, 0.05) is 5.56 Å². The van der Waals surface area contributed by atoms with Crippen LogP contribution in [-0.2, 0) is 4.74 Å². The maximum atomic E-state index is 11.0. The molecule has 0 N–H and O–H groups in total. The van der Waals surface area contributed by atoms with Crippen molar-refractivity contribution < 1.29 is 70.8 Å². The number of hydrogen-bond donors (Lipinski definition) is 0. The Hall–Kier alpha value is -0.204. The smallest absolute Gasteiger partial charge is 0.545 e. The summed E-state index contributed by atoms with van der Waals surface area (Å²) in [5, 5.41) is 10.5. The number of ether oxygens (including phenoxy) is 1. The van der Waals surface area contributed by atoms with Gasteiger partial charge in [0.25, 0.3) is 0 Å². The van der Waals surface area contributed by atoms with E-state index in [2.05, 4.69) is 4.74 Å². The molecule has 0 bridgehead atoms. The predicted octanol–water partition coefficient (Wildman–Crippen LogP) is -3.16. The van der Waals surface area contributed by atoms with Gasteiger partial charge in [0.15, 0.2) is 0 Å². The molecule has 0 heterocycles. The first-order valence-electron chi connectivity index (χ1n) is 3.55. The Kier molecular flexibility index (Phi) is 6.22.